The van der Waals surface area contributed by atoms with Crippen LogP contribution < -0.4 is 15.4 Å². The molecule has 2 aromatic rings. The number of benzene rings is 2. The van der Waals surface area contributed by atoms with E-state index in [4.69, 9.17) is 11.6 Å². The van der Waals surface area contributed by atoms with Crippen molar-refractivity contribution in [3.05, 3.63) is 53.1 Å². The quantitative estimate of drug-likeness (QED) is 0.791. The molecule has 1 atom stereocenters. The van der Waals surface area contributed by atoms with Gasteiger partial charge in [-0.2, -0.15) is 8.78 Å². The number of para-hydroxylation sites is 2. The van der Waals surface area contributed by atoms with E-state index in [-0.39, 0.29) is 11.4 Å². The lowest BCUT2D eigenvalue weighted by atomic mass is 10.2. The molecule has 0 aromatic heterocycles. The molecule has 0 spiro atoms. The molecule has 4 nitrogen and oxygen atoms in total. The summed E-state index contributed by atoms with van der Waals surface area (Å²) in [5.74, 6) is -0.483. The van der Waals surface area contributed by atoms with Crippen LogP contribution in [0, 0.1) is 6.92 Å². The van der Waals surface area contributed by atoms with Gasteiger partial charge in [-0.05, 0) is 43.7 Å². The molecule has 1 unspecified atom stereocenters. The summed E-state index contributed by atoms with van der Waals surface area (Å²) in [6.45, 7) is 0.565. The van der Waals surface area contributed by atoms with Gasteiger partial charge in [-0.25, -0.2) is 0 Å². The van der Waals surface area contributed by atoms with Gasteiger partial charge in [0.15, 0.2) is 0 Å². The van der Waals surface area contributed by atoms with Crippen LogP contribution in [0.1, 0.15) is 12.5 Å². The molecule has 2 N–H and O–H groups in total. The van der Waals surface area contributed by atoms with E-state index in [1.54, 1.807) is 31.2 Å². The minimum atomic E-state index is -2.96. The van der Waals surface area contributed by atoms with Gasteiger partial charge in [0.2, 0.25) is 5.91 Å². The normalized spacial score (nSPS) is 11.9. The lowest BCUT2D eigenvalue weighted by Crippen LogP contribution is -2.32. The first kappa shape index (κ1) is 18.0. The van der Waals surface area contributed by atoms with Crippen LogP contribution in [0.5, 0.6) is 5.75 Å². The lowest BCUT2D eigenvalue weighted by Gasteiger charge is -2.17. The first-order valence-electron chi connectivity index (χ1n) is 7.24. The summed E-state index contributed by atoms with van der Waals surface area (Å²) in [7, 11) is 0. The predicted octanol–water partition coefficient (Wildman–Crippen LogP) is 4.69. The topological polar surface area (TPSA) is 50.4 Å². The summed E-state index contributed by atoms with van der Waals surface area (Å²) in [5, 5.41) is 6.16. The highest BCUT2D eigenvalue weighted by molar-refractivity contribution is 6.31. The monoisotopic (exact) mass is 354 g/mol. The van der Waals surface area contributed by atoms with Crippen LogP contribution in [-0.4, -0.2) is 18.6 Å². The number of hydrogen-bond acceptors (Lipinski definition) is 3. The highest BCUT2D eigenvalue weighted by Crippen LogP contribution is 2.26. The number of amides is 1. The molecule has 2 aromatic carbocycles. The third kappa shape index (κ3) is 4.83. The fourth-order valence-corrected chi connectivity index (χ4v) is 2.19. The van der Waals surface area contributed by atoms with E-state index in [1.807, 2.05) is 13.0 Å². The standard InChI is InChI=1S/C17H17ClF2N2O2/c1-10-7-8-12(9-13(10)18)21-11(2)16(23)22-14-5-3-4-6-15(14)24-17(19)20/h3-9,11,17,21H,1-2H3,(H,22,23). The van der Waals surface area contributed by atoms with Crippen molar-refractivity contribution in [1.29, 1.82) is 0 Å². The zero-order valence-electron chi connectivity index (χ0n) is 13.1. The van der Waals surface area contributed by atoms with Crippen molar-refractivity contribution in [1.82, 2.24) is 0 Å². The Bertz CT molecular complexity index is 725. The molecule has 0 radical (unpaired) electrons. The fraction of sp³-hybridized carbons (Fsp3) is 0.235. The number of nitrogens with one attached hydrogen (secondary N) is 2. The van der Waals surface area contributed by atoms with E-state index < -0.39 is 18.6 Å². The van der Waals surface area contributed by atoms with Gasteiger partial charge in [0.1, 0.15) is 11.8 Å². The molecule has 0 aliphatic heterocycles. The zero-order chi connectivity index (χ0) is 17.7. The Morgan fingerprint density at radius 1 is 1.21 bits per heavy atom. The predicted molar refractivity (Wildman–Crippen MR) is 91.0 cm³/mol. The largest absolute Gasteiger partial charge is 0.433 e. The Morgan fingerprint density at radius 3 is 2.58 bits per heavy atom. The maximum atomic E-state index is 12.4. The molecule has 0 saturated heterocycles. The fourth-order valence-electron chi connectivity index (χ4n) is 2.01. The Kier molecular flexibility index (Phi) is 5.98. The number of hydrogen-bond donors (Lipinski definition) is 2. The summed E-state index contributed by atoms with van der Waals surface area (Å²) < 4.78 is 29.2. The summed E-state index contributed by atoms with van der Waals surface area (Å²) in [4.78, 5) is 12.3. The molecule has 1 amide bonds. The molecule has 0 aliphatic carbocycles. The third-order valence-corrected chi connectivity index (χ3v) is 3.72. The molecular formula is C17H17ClF2N2O2. The number of carbonyl (C=O) groups is 1. The number of rotatable bonds is 6. The van der Waals surface area contributed by atoms with Gasteiger partial charge >= 0.3 is 6.61 Å². The molecule has 0 heterocycles. The van der Waals surface area contributed by atoms with E-state index in [9.17, 15) is 13.6 Å². The minimum absolute atomic E-state index is 0.0913. The van der Waals surface area contributed by atoms with Gasteiger partial charge in [-0.1, -0.05) is 29.8 Å². The Hall–Kier alpha value is -2.34. The van der Waals surface area contributed by atoms with Crippen molar-refractivity contribution in [3.63, 3.8) is 0 Å². The van der Waals surface area contributed by atoms with Gasteiger partial charge < -0.3 is 15.4 Å². The van der Waals surface area contributed by atoms with Crippen LogP contribution in [0.4, 0.5) is 20.2 Å². The highest BCUT2D eigenvalue weighted by Gasteiger charge is 2.16. The van der Waals surface area contributed by atoms with Gasteiger partial charge in [0.05, 0.1) is 5.69 Å². The first-order valence-corrected chi connectivity index (χ1v) is 7.62. The van der Waals surface area contributed by atoms with Gasteiger partial charge in [-0.3, -0.25) is 4.79 Å². The number of carbonyl (C=O) groups excluding carboxylic acids is 1. The van der Waals surface area contributed by atoms with E-state index in [0.717, 1.165) is 5.56 Å². The van der Waals surface area contributed by atoms with Crippen molar-refractivity contribution in [3.8, 4) is 5.75 Å². The van der Waals surface area contributed by atoms with Crippen molar-refractivity contribution in [2.75, 3.05) is 10.6 Å². The smallest absolute Gasteiger partial charge is 0.387 e. The second-order valence-corrected chi connectivity index (χ2v) is 5.60. The number of ether oxygens (including phenoxy) is 1. The Morgan fingerprint density at radius 2 is 1.92 bits per heavy atom. The second kappa shape index (κ2) is 7.97. The third-order valence-electron chi connectivity index (χ3n) is 3.31. The maximum Gasteiger partial charge on any atom is 0.387 e. The maximum absolute atomic E-state index is 12.4. The molecule has 0 aliphatic rings. The molecule has 0 fully saturated rings. The molecule has 24 heavy (non-hydrogen) atoms. The Balaban J connectivity index is 2.05. The number of aryl methyl sites for hydroxylation is 1. The van der Waals surface area contributed by atoms with E-state index in [2.05, 4.69) is 15.4 Å². The molecule has 2 rings (SSSR count). The molecule has 0 bridgehead atoms. The summed E-state index contributed by atoms with van der Waals surface area (Å²) in [5.41, 5.74) is 1.79. The number of anilines is 2. The van der Waals surface area contributed by atoms with Gasteiger partial charge in [0, 0.05) is 10.7 Å². The molecule has 0 saturated carbocycles. The second-order valence-electron chi connectivity index (χ2n) is 5.19. The Labute approximate surface area is 143 Å². The van der Waals surface area contributed by atoms with Gasteiger partial charge in [0.25, 0.3) is 0 Å². The van der Waals surface area contributed by atoms with Crippen molar-refractivity contribution >= 4 is 28.9 Å². The van der Waals surface area contributed by atoms with Crippen LogP contribution in [0.25, 0.3) is 0 Å². The molecule has 7 heteroatoms. The first-order chi connectivity index (χ1) is 11.4. The average molecular weight is 355 g/mol. The SMILES string of the molecule is Cc1ccc(NC(C)C(=O)Nc2ccccc2OC(F)F)cc1Cl. The molecule has 128 valence electrons. The highest BCUT2D eigenvalue weighted by atomic mass is 35.5. The average Bonchev–Trinajstić information content (AvgIpc) is 2.52. The summed E-state index contributed by atoms with van der Waals surface area (Å²) in [6.07, 6.45) is 0. The molecular weight excluding hydrogens is 338 g/mol. The van der Waals surface area contributed by atoms with Crippen LogP contribution in [-0.2, 0) is 4.79 Å². The van der Waals surface area contributed by atoms with Crippen molar-refractivity contribution in [2.24, 2.45) is 0 Å². The number of alkyl halides is 2. The van der Waals surface area contributed by atoms with E-state index in [1.165, 1.54) is 12.1 Å². The van der Waals surface area contributed by atoms with Crippen molar-refractivity contribution < 1.29 is 18.3 Å². The lowest BCUT2D eigenvalue weighted by molar-refractivity contribution is -0.116. The van der Waals surface area contributed by atoms with Gasteiger partial charge in [-0.15, -0.1) is 0 Å². The summed E-state index contributed by atoms with van der Waals surface area (Å²) >= 11 is 6.05. The van der Waals surface area contributed by atoms with Crippen LogP contribution in [0.2, 0.25) is 5.02 Å². The number of halogens is 3. The summed E-state index contributed by atoms with van der Waals surface area (Å²) in [6, 6.07) is 10.8. The zero-order valence-corrected chi connectivity index (χ0v) is 13.9. The van der Waals surface area contributed by atoms with Crippen LogP contribution in [0.3, 0.4) is 0 Å². The van der Waals surface area contributed by atoms with E-state index >= 15 is 0 Å². The van der Waals surface area contributed by atoms with Crippen molar-refractivity contribution in [2.45, 2.75) is 26.5 Å². The van der Waals surface area contributed by atoms with E-state index in [0.29, 0.717) is 10.7 Å². The minimum Gasteiger partial charge on any atom is -0.433 e. The van der Waals surface area contributed by atoms with Crippen LogP contribution in [0.15, 0.2) is 42.5 Å². The van der Waals surface area contributed by atoms with Crippen LogP contribution >= 0.6 is 11.6 Å².